The van der Waals surface area contributed by atoms with Gasteiger partial charge in [-0.3, -0.25) is 0 Å². The van der Waals surface area contributed by atoms with E-state index < -0.39 is 17.9 Å². The molecule has 0 N–H and O–H groups in total. The van der Waals surface area contributed by atoms with Gasteiger partial charge in [0, 0.05) is 24.0 Å². The van der Waals surface area contributed by atoms with E-state index >= 15 is 0 Å². The van der Waals surface area contributed by atoms with Crippen LogP contribution in [-0.2, 0) is 25.6 Å². The van der Waals surface area contributed by atoms with Crippen molar-refractivity contribution in [2.75, 3.05) is 14.2 Å². The number of carbonyl (C=O) groups is 2. The molecule has 150 valence electrons. The van der Waals surface area contributed by atoms with Crippen LogP contribution in [-0.4, -0.2) is 31.1 Å². The van der Waals surface area contributed by atoms with Crippen LogP contribution in [0.5, 0.6) is 0 Å². The minimum absolute atomic E-state index is 0.278. The molecule has 0 amide bonds. The second-order valence-corrected chi connectivity index (χ2v) is 6.87. The van der Waals surface area contributed by atoms with E-state index in [4.69, 9.17) is 21.1 Å². The summed E-state index contributed by atoms with van der Waals surface area (Å²) in [5, 5.41) is 0.537. The third-order valence-corrected chi connectivity index (χ3v) is 4.81. The Hall–Kier alpha value is -3.12. The first kappa shape index (κ1) is 20.6. The second-order valence-electron chi connectivity index (χ2n) is 6.44. The molecule has 3 rings (SSSR count). The van der Waals surface area contributed by atoms with Crippen LogP contribution in [0.15, 0.2) is 72.1 Å². The summed E-state index contributed by atoms with van der Waals surface area (Å²) in [5.74, 6) is -2.14. The maximum Gasteiger partial charge on any atom is 0.336 e. The van der Waals surface area contributed by atoms with Crippen molar-refractivity contribution in [3.63, 3.8) is 0 Å². The monoisotopic (exact) mass is 415 g/mol. The van der Waals surface area contributed by atoms with Crippen LogP contribution in [0, 0.1) is 5.82 Å². The zero-order valence-corrected chi connectivity index (χ0v) is 16.7. The Morgan fingerprint density at radius 2 is 1.45 bits per heavy atom. The van der Waals surface area contributed by atoms with Gasteiger partial charge in [0.05, 0.1) is 31.3 Å². The molecule has 0 atom stereocenters. The summed E-state index contributed by atoms with van der Waals surface area (Å²) in [7, 11) is 2.56. The van der Waals surface area contributed by atoms with Crippen LogP contribution in [0.1, 0.15) is 17.0 Å². The van der Waals surface area contributed by atoms with E-state index in [2.05, 4.69) is 0 Å². The van der Waals surface area contributed by atoms with Crippen LogP contribution < -0.4 is 0 Å². The largest absolute Gasteiger partial charge is 0.466 e. The number of esters is 2. The van der Waals surface area contributed by atoms with Gasteiger partial charge >= 0.3 is 11.9 Å². The molecule has 0 saturated carbocycles. The lowest BCUT2D eigenvalue weighted by Gasteiger charge is -2.30. The van der Waals surface area contributed by atoms with Gasteiger partial charge in [-0.25, -0.2) is 14.0 Å². The highest BCUT2D eigenvalue weighted by Gasteiger charge is 2.35. The van der Waals surface area contributed by atoms with Gasteiger partial charge in [-0.2, -0.15) is 0 Å². The smallest absolute Gasteiger partial charge is 0.336 e. The van der Waals surface area contributed by atoms with E-state index in [1.807, 2.05) is 0 Å². The average molecular weight is 416 g/mol. The molecule has 1 aliphatic rings. The molecule has 1 aliphatic heterocycles. The summed E-state index contributed by atoms with van der Waals surface area (Å²) < 4.78 is 23.1. The van der Waals surface area contributed by atoms with Gasteiger partial charge in [0.25, 0.3) is 0 Å². The van der Waals surface area contributed by atoms with Crippen LogP contribution in [0.2, 0.25) is 5.02 Å². The van der Waals surface area contributed by atoms with Crippen molar-refractivity contribution in [2.45, 2.75) is 12.5 Å². The van der Waals surface area contributed by atoms with Crippen molar-refractivity contribution < 1.29 is 23.5 Å². The Bertz CT molecular complexity index is 933. The molecule has 1 heterocycles. The molecule has 29 heavy (non-hydrogen) atoms. The fraction of sp³-hybridized carbons (Fsp3) is 0.182. The zero-order valence-electron chi connectivity index (χ0n) is 15.9. The predicted octanol–water partition coefficient (Wildman–Crippen LogP) is 4.19. The number of hydrogen-bond acceptors (Lipinski definition) is 5. The highest BCUT2D eigenvalue weighted by molar-refractivity contribution is 6.30. The van der Waals surface area contributed by atoms with Crippen LogP contribution in [0.4, 0.5) is 4.39 Å². The molecule has 0 radical (unpaired) electrons. The number of methoxy groups -OCH3 is 2. The van der Waals surface area contributed by atoms with Crippen molar-refractivity contribution in [3.8, 4) is 0 Å². The Morgan fingerprint density at radius 1 is 0.931 bits per heavy atom. The van der Waals surface area contributed by atoms with Crippen LogP contribution in [0.3, 0.4) is 0 Å². The highest BCUT2D eigenvalue weighted by Crippen LogP contribution is 2.37. The molecule has 0 saturated heterocycles. The van der Waals surface area contributed by atoms with E-state index in [9.17, 15) is 14.0 Å². The van der Waals surface area contributed by atoms with Gasteiger partial charge < -0.3 is 14.4 Å². The maximum atomic E-state index is 13.2. The Balaban J connectivity index is 2.05. The Kier molecular flexibility index (Phi) is 6.34. The molecule has 0 aliphatic carbocycles. The molecule has 7 heteroatoms. The number of nitrogens with zero attached hydrogens (tertiary/aromatic N) is 1. The van der Waals surface area contributed by atoms with Gasteiger partial charge in [-0.15, -0.1) is 0 Å². The number of carbonyl (C=O) groups excluding carboxylic acids is 2. The predicted molar refractivity (Wildman–Crippen MR) is 106 cm³/mol. The number of ether oxygens (including phenoxy) is 2. The Morgan fingerprint density at radius 3 is 1.93 bits per heavy atom. The summed E-state index contributed by atoms with van der Waals surface area (Å²) >= 11 is 5.98. The fourth-order valence-corrected chi connectivity index (χ4v) is 3.32. The number of hydrogen-bond donors (Lipinski definition) is 0. The molecule has 0 bridgehead atoms. The third-order valence-electron chi connectivity index (χ3n) is 4.56. The summed E-state index contributed by atoms with van der Waals surface area (Å²) in [6, 6.07) is 12.8. The van der Waals surface area contributed by atoms with Crippen molar-refractivity contribution in [3.05, 3.63) is 94.0 Å². The van der Waals surface area contributed by atoms with Crippen molar-refractivity contribution in [2.24, 2.45) is 0 Å². The lowest BCUT2D eigenvalue weighted by molar-refractivity contribution is -0.137. The van der Waals surface area contributed by atoms with Crippen LogP contribution in [0.25, 0.3) is 0 Å². The first-order chi connectivity index (χ1) is 13.9. The van der Waals surface area contributed by atoms with Crippen molar-refractivity contribution in [1.82, 2.24) is 4.90 Å². The van der Waals surface area contributed by atoms with Gasteiger partial charge in [-0.1, -0.05) is 35.9 Å². The Labute approximate surface area is 173 Å². The molecular weight excluding hydrogens is 397 g/mol. The SMILES string of the molecule is COC(=O)C1=CN(Cc2ccc(F)cc2)C=C(C(=O)OC)C1c1ccc(Cl)cc1. The van der Waals surface area contributed by atoms with Gasteiger partial charge in [0.15, 0.2) is 0 Å². The minimum Gasteiger partial charge on any atom is -0.466 e. The molecule has 0 spiro atoms. The zero-order chi connectivity index (χ0) is 21.0. The minimum atomic E-state index is -0.670. The van der Waals surface area contributed by atoms with E-state index in [0.29, 0.717) is 17.1 Å². The molecule has 0 unspecified atom stereocenters. The summed E-state index contributed by atoms with van der Waals surface area (Å²) in [4.78, 5) is 26.8. The molecule has 5 nitrogen and oxygen atoms in total. The van der Waals surface area contributed by atoms with Gasteiger partial charge in [0.2, 0.25) is 0 Å². The van der Waals surface area contributed by atoms with Crippen molar-refractivity contribution >= 4 is 23.5 Å². The van der Waals surface area contributed by atoms with E-state index in [0.717, 1.165) is 5.56 Å². The number of rotatable bonds is 5. The standard InChI is InChI=1S/C22H19ClFNO4/c1-28-21(26)18-12-25(11-14-3-9-17(24)10-4-14)13-19(22(27)29-2)20(18)15-5-7-16(23)8-6-15/h3-10,12-13,20H,11H2,1-2H3. The second kappa shape index (κ2) is 8.92. The summed E-state index contributed by atoms with van der Waals surface area (Å²) in [6.45, 7) is 0.328. The van der Waals surface area contributed by atoms with E-state index in [1.54, 1.807) is 53.7 Å². The van der Waals surface area contributed by atoms with Crippen molar-refractivity contribution in [1.29, 1.82) is 0 Å². The van der Waals surface area contributed by atoms with Gasteiger partial charge in [-0.05, 0) is 35.4 Å². The topological polar surface area (TPSA) is 55.8 Å². The lowest BCUT2D eigenvalue weighted by Crippen LogP contribution is -2.28. The fourth-order valence-electron chi connectivity index (χ4n) is 3.19. The molecule has 2 aromatic rings. The molecular formula is C22H19ClFNO4. The summed E-state index contributed by atoms with van der Waals surface area (Å²) in [5.41, 5.74) is 2.06. The molecule has 2 aromatic carbocycles. The summed E-state index contributed by atoms with van der Waals surface area (Å²) in [6.07, 6.45) is 3.25. The van der Waals surface area contributed by atoms with E-state index in [-0.39, 0.29) is 17.0 Å². The van der Waals surface area contributed by atoms with Gasteiger partial charge in [0.1, 0.15) is 5.82 Å². The highest BCUT2D eigenvalue weighted by atomic mass is 35.5. The number of benzene rings is 2. The quantitative estimate of drug-likeness (QED) is 0.685. The first-order valence-electron chi connectivity index (χ1n) is 8.78. The normalized spacial score (nSPS) is 14.1. The third kappa shape index (κ3) is 4.66. The van der Waals surface area contributed by atoms with E-state index in [1.165, 1.54) is 26.4 Å². The lowest BCUT2D eigenvalue weighted by atomic mass is 9.83. The van der Waals surface area contributed by atoms with Crippen LogP contribution >= 0.6 is 11.6 Å². The first-order valence-corrected chi connectivity index (χ1v) is 9.16. The number of halogens is 2. The maximum absolute atomic E-state index is 13.2. The average Bonchev–Trinajstić information content (AvgIpc) is 2.74. The molecule has 0 fully saturated rings. The molecule has 0 aromatic heterocycles.